The first kappa shape index (κ1) is 11.3. The smallest absolute Gasteiger partial charge is 0.162 e. The summed E-state index contributed by atoms with van der Waals surface area (Å²) in [6.07, 6.45) is 0.890. The fraction of sp³-hybridized carbons (Fsp3) is 0.357. The van der Waals surface area contributed by atoms with Crippen molar-refractivity contribution in [3.63, 3.8) is 0 Å². The van der Waals surface area contributed by atoms with Gasteiger partial charge in [-0.25, -0.2) is 0 Å². The number of aliphatic hydroxyl groups is 1. The molecule has 1 aliphatic rings. The number of hydrogen-bond donors (Lipinski definition) is 1. The van der Waals surface area contributed by atoms with E-state index < -0.39 is 0 Å². The van der Waals surface area contributed by atoms with Gasteiger partial charge in [-0.2, -0.15) is 0 Å². The summed E-state index contributed by atoms with van der Waals surface area (Å²) in [6.45, 7) is 3.99. The highest BCUT2D eigenvalue weighted by Crippen LogP contribution is 2.41. The van der Waals surface area contributed by atoms with E-state index in [1.807, 2.05) is 12.1 Å². The molecule has 0 saturated heterocycles. The first-order valence-electron chi connectivity index (χ1n) is 5.97. The molecular weight excluding hydrogens is 230 g/mol. The van der Waals surface area contributed by atoms with Crippen LogP contribution in [0, 0.1) is 0 Å². The van der Waals surface area contributed by atoms with Crippen molar-refractivity contribution in [3.8, 4) is 17.0 Å². The zero-order valence-corrected chi connectivity index (χ0v) is 10.4. The van der Waals surface area contributed by atoms with Crippen LogP contribution in [0.5, 0.6) is 5.75 Å². The van der Waals surface area contributed by atoms with Crippen molar-refractivity contribution in [1.29, 1.82) is 0 Å². The first-order chi connectivity index (χ1) is 8.59. The molecule has 18 heavy (non-hydrogen) atoms. The number of benzene rings is 1. The Bertz CT molecular complexity index is 586. The third-order valence-electron chi connectivity index (χ3n) is 3.08. The van der Waals surface area contributed by atoms with E-state index in [2.05, 4.69) is 25.1 Å². The molecule has 0 atom stereocenters. The van der Waals surface area contributed by atoms with Crippen LogP contribution in [0.2, 0.25) is 0 Å². The Morgan fingerprint density at radius 2 is 2.22 bits per heavy atom. The zero-order valence-electron chi connectivity index (χ0n) is 10.4. The summed E-state index contributed by atoms with van der Waals surface area (Å²) in [6, 6.07) is 7.76. The highest BCUT2D eigenvalue weighted by Gasteiger charge is 2.32. The monoisotopic (exact) mass is 245 g/mol. The Hall–Kier alpha value is -1.81. The summed E-state index contributed by atoms with van der Waals surface area (Å²) in [7, 11) is 0. The van der Waals surface area contributed by atoms with Crippen LogP contribution in [0.25, 0.3) is 11.3 Å². The first-order valence-corrected chi connectivity index (χ1v) is 5.97. The maximum absolute atomic E-state index is 9.01. The molecule has 0 amide bonds. The molecule has 1 aliphatic heterocycles. The molecule has 2 heterocycles. The van der Waals surface area contributed by atoms with Crippen LogP contribution >= 0.6 is 0 Å². The van der Waals surface area contributed by atoms with Crippen molar-refractivity contribution < 1.29 is 14.4 Å². The molecule has 94 valence electrons. The molecule has 0 fully saturated rings. The number of ether oxygens (including phenoxy) is 1. The molecule has 2 aromatic rings. The van der Waals surface area contributed by atoms with Gasteiger partial charge in [0, 0.05) is 18.1 Å². The standard InChI is InChI=1S/C14H15NO3/c1-14(2)7-9-4-3-5-11(13(9)17-14)12-6-10(8-16)18-15-12/h3-6,16H,7-8H2,1-2H3. The maximum Gasteiger partial charge on any atom is 0.162 e. The number of para-hydroxylation sites is 1. The predicted octanol–water partition coefficient (Wildman–Crippen LogP) is 2.55. The Balaban J connectivity index is 2.07. The van der Waals surface area contributed by atoms with Crippen molar-refractivity contribution in [2.45, 2.75) is 32.5 Å². The van der Waals surface area contributed by atoms with Gasteiger partial charge >= 0.3 is 0 Å². The second-order valence-corrected chi connectivity index (χ2v) is 5.17. The molecule has 4 heteroatoms. The van der Waals surface area contributed by atoms with Crippen molar-refractivity contribution in [1.82, 2.24) is 5.16 Å². The number of hydrogen-bond acceptors (Lipinski definition) is 4. The maximum atomic E-state index is 9.01. The van der Waals surface area contributed by atoms with Gasteiger partial charge in [-0.15, -0.1) is 0 Å². The summed E-state index contributed by atoms with van der Waals surface area (Å²) in [4.78, 5) is 0. The molecule has 0 radical (unpaired) electrons. The van der Waals surface area contributed by atoms with E-state index in [1.165, 1.54) is 5.56 Å². The number of aliphatic hydroxyl groups excluding tert-OH is 1. The number of aromatic nitrogens is 1. The third kappa shape index (κ3) is 1.78. The molecule has 0 saturated carbocycles. The largest absolute Gasteiger partial charge is 0.487 e. The molecule has 3 rings (SSSR count). The lowest BCUT2D eigenvalue weighted by Crippen LogP contribution is -2.24. The van der Waals surface area contributed by atoms with Crippen LogP contribution in [0.4, 0.5) is 0 Å². The van der Waals surface area contributed by atoms with Crippen molar-refractivity contribution in [3.05, 3.63) is 35.6 Å². The third-order valence-corrected chi connectivity index (χ3v) is 3.08. The van der Waals surface area contributed by atoms with Gasteiger partial charge in [0.15, 0.2) is 5.76 Å². The lowest BCUT2D eigenvalue weighted by atomic mass is 10.00. The zero-order chi connectivity index (χ0) is 12.8. The molecule has 0 unspecified atom stereocenters. The lowest BCUT2D eigenvalue weighted by Gasteiger charge is -2.17. The molecule has 1 N–H and O–H groups in total. The van der Waals surface area contributed by atoms with Crippen LogP contribution in [-0.4, -0.2) is 15.9 Å². The van der Waals surface area contributed by atoms with Crippen LogP contribution in [0.3, 0.4) is 0 Å². The number of rotatable bonds is 2. The number of fused-ring (bicyclic) bond motifs is 1. The van der Waals surface area contributed by atoms with Gasteiger partial charge in [0.25, 0.3) is 0 Å². The highest BCUT2D eigenvalue weighted by atomic mass is 16.5. The topological polar surface area (TPSA) is 55.5 Å². The van der Waals surface area contributed by atoms with Crippen molar-refractivity contribution >= 4 is 0 Å². The average molecular weight is 245 g/mol. The number of nitrogens with zero attached hydrogens (tertiary/aromatic N) is 1. The fourth-order valence-electron chi connectivity index (χ4n) is 2.33. The minimum atomic E-state index is -0.179. The Morgan fingerprint density at radius 3 is 2.94 bits per heavy atom. The highest BCUT2D eigenvalue weighted by molar-refractivity contribution is 5.70. The molecular formula is C14H15NO3. The van der Waals surface area contributed by atoms with E-state index >= 15 is 0 Å². The van der Waals surface area contributed by atoms with E-state index in [4.69, 9.17) is 14.4 Å². The summed E-state index contributed by atoms with van der Waals surface area (Å²) in [5, 5.41) is 13.0. The van der Waals surface area contributed by atoms with Gasteiger partial charge in [0.05, 0.1) is 0 Å². The van der Waals surface area contributed by atoms with E-state index in [1.54, 1.807) is 6.07 Å². The van der Waals surface area contributed by atoms with Crippen LogP contribution in [0.1, 0.15) is 25.2 Å². The van der Waals surface area contributed by atoms with Crippen LogP contribution in [-0.2, 0) is 13.0 Å². The molecule has 0 aliphatic carbocycles. The quantitative estimate of drug-likeness (QED) is 0.883. The van der Waals surface area contributed by atoms with Crippen molar-refractivity contribution in [2.75, 3.05) is 0 Å². The van der Waals surface area contributed by atoms with Gasteiger partial charge in [0.2, 0.25) is 0 Å². The Kier molecular flexibility index (Phi) is 2.41. The van der Waals surface area contributed by atoms with E-state index in [0.29, 0.717) is 11.5 Å². The van der Waals surface area contributed by atoms with Gasteiger partial charge in [-0.05, 0) is 25.5 Å². The molecule has 4 nitrogen and oxygen atoms in total. The fourth-order valence-corrected chi connectivity index (χ4v) is 2.33. The summed E-state index contributed by atoms with van der Waals surface area (Å²) in [5.74, 6) is 1.33. The molecule has 1 aromatic heterocycles. The van der Waals surface area contributed by atoms with Gasteiger partial charge in [-0.1, -0.05) is 17.3 Å². The van der Waals surface area contributed by atoms with E-state index in [0.717, 1.165) is 17.7 Å². The van der Waals surface area contributed by atoms with Gasteiger partial charge in [-0.3, -0.25) is 0 Å². The summed E-state index contributed by atoms with van der Waals surface area (Å²) in [5.41, 5.74) is 2.63. The normalized spacial score (nSPS) is 16.4. The van der Waals surface area contributed by atoms with Gasteiger partial charge < -0.3 is 14.4 Å². The second kappa shape index (κ2) is 3.85. The summed E-state index contributed by atoms with van der Waals surface area (Å²) < 4.78 is 11.0. The molecule has 1 aromatic carbocycles. The minimum Gasteiger partial charge on any atom is -0.487 e. The minimum absolute atomic E-state index is 0.144. The van der Waals surface area contributed by atoms with Crippen LogP contribution in [0.15, 0.2) is 28.8 Å². The van der Waals surface area contributed by atoms with Crippen LogP contribution < -0.4 is 4.74 Å². The van der Waals surface area contributed by atoms with E-state index in [-0.39, 0.29) is 12.2 Å². The van der Waals surface area contributed by atoms with Gasteiger partial charge in [0.1, 0.15) is 23.7 Å². The average Bonchev–Trinajstić information content (AvgIpc) is 2.89. The lowest BCUT2D eigenvalue weighted by molar-refractivity contribution is 0.139. The molecule has 0 spiro atoms. The van der Waals surface area contributed by atoms with E-state index in [9.17, 15) is 0 Å². The Morgan fingerprint density at radius 1 is 1.39 bits per heavy atom. The SMILES string of the molecule is CC1(C)Cc2cccc(-c3cc(CO)on3)c2O1. The second-order valence-electron chi connectivity index (χ2n) is 5.17. The summed E-state index contributed by atoms with van der Waals surface area (Å²) >= 11 is 0. The predicted molar refractivity (Wildman–Crippen MR) is 66.3 cm³/mol. The molecule has 0 bridgehead atoms. The van der Waals surface area contributed by atoms with Crippen molar-refractivity contribution in [2.24, 2.45) is 0 Å². The Labute approximate surface area is 105 Å².